The Morgan fingerprint density at radius 1 is 0.958 bits per heavy atom. The molecule has 4 nitrogen and oxygen atoms in total. The summed E-state index contributed by atoms with van der Waals surface area (Å²) in [5, 5.41) is 23.0. The molecule has 24 heavy (non-hydrogen) atoms. The Bertz CT molecular complexity index is 620. The van der Waals surface area contributed by atoms with Crippen LogP contribution in [0.5, 0.6) is 0 Å². The van der Waals surface area contributed by atoms with Crippen molar-refractivity contribution in [2.24, 2.45) is 5.73 Å². The number of halogens is 2. The van der Waals surface area contributed by atoms with E-state index in [0.29, 0.717) is 5.56 Å². The molecule has 130 valence electrons. The van der Waals surface area contributed by atoms with Gasteiger partial charge in [0.1, 0.15) is 11.6 Å². The van der Waals surface area contributed by atoms with Crippen molar-refractivity contribution in [2.45, 2.75) is 24.7 Å². The van der Waals surface area contributed by atoms with Crippen molar-refractivity contribution in [1.82, 2.24) is 5.32 Å². The zero-order valence-electron chi connectivity index (χ0n) is 13.2. The zero-order valence-corrected chi connectivity index (χ0v) is 13.2. The maximum atomic E-state index is 13.1. The van der Waals surface area contributed by atoms with Crippen LogP contribution < -0.4 is 11.1 Å². The Kier molecular flexibility index (Phi) is 6.81. The smallest absolute Gasteiger partial charge is 0.126 e. The van der Waals surface area contributed by atoms with Gasteiger partial charge in [0.2, 0.25) is 0 Å². The van der Waals surface area contributed by atoms with Crippen LogP contribution in [0.2, 0.25) is 0 Å². The summed E-state index contributed by atoms with van der Waals surface area (Å²) < 4.78 is 26.3. The van der Waals surface area contributed by atoms with E-state index in [0.717, 1.165) is 11.6 Å². The fourth-order valence-electron chi connectivity index (χ4n) is 2.45. The van der Waals surface area contributed by atoms with Gasteiger partial charge in [-0.3, -0.25) is 0 Å². The third kappa shape index (κ3) is 5.65. The van der Waals surface area contributed by atoms with Crippen LogP contribution in [0.25, 0.3) is 0 Å². The lowest BCUT2D eigenvalue weighted by Gasteiger charge is -2.20. The highest BCUT2D eigenvalue weighted by Crippen LogP contribution is 2.12. The van der Waals surface area contributed by atoms with E-state index in [9.17, 15) is 19.0 Å². The van der Waals surface area contributed by atoms with E-state index in [1.54, 1.807) is 0 Å². The highest BCUT2D eigenvalue weighted by atomic mass is 19.1. The first-order valence-electron chi connectivity index (χ1n) is 7.78. The molecule has 2 rings (SSSR count). The maximum Gasteiger partial charge on any atom is 0.126 e. The second-order valence-corrected chi connectivity index (χ2v) is 5.80. The summed E-state index contributed by atoms with van der Waals surface area (Å²) in [4.78, 5) is 0. The second kappa shape index (κ2) is 8.84. The number of aliphatic hydroxyl groups is 2. The standard InChI is InChI=1S/C18H22F2N2O2/c19-14-6-12(7-15(20)9-14)8-16(21)18(24)11-22-10-17(23)13-4-2-1-3-5-13/h1-7,9,16-18,22-24H,8,10-11,21H2/t16-,17?,18+/m0/s1. The molecule has 0 aliphatic rings. The SMILES string of the molecule is N[C@@H](Cc1cc(F)cc(F)c1)[C@H](O)CNCC(O)c1ccccc1. The number of nitrogens with one attached hydrogen (secondary N) is 1. The van der Waals surface area contributed by atoms with E-state index in [2.05, 4.69) is 5.32 Å². The summed E-state index contributed by atoms with van der Waals surface area (Å²) in [5.41, 5.74) is 7.05. The fourth-order valence-corrected chi connectivity index (χ4v) is 2.45. The molecule has 2 aromatic carbocycles. The normalized spacial score (nSPS) is 15.0. The molecule has 0 saturated heterocycles. The van der Waals surface area contributed by atoms with E-state index in [4.69, 9.17) is 5.73 Å². The van der Waals surface area contributed by atoms with Crippen LogP contribution in [-0.2, 0) is 6.42 Å². The number of hydrogen-bond donors (Lipinski definition) is 4. The average molecular weight is 336 g/mol. The second-order valence-electron chi connectivity index (χ2n) is 5.80. The third-order valence-corrected chi connectivity index (χ3v) is 3.76. The molecule has 0 saturated carbocycles. The Morgan fingerprint density at radius 3 is 2.21 bits per heavy atom. The van der Waals surface area contributed by atoms with E-state index >= 15 is 0 Å². The van der Waals surface area contributed by atoms with Crippen molar-refractivity contribution in [2.75, 3.05) is 13.1 Å². The summed E-state index contributed by atoms with van der Waals surface area (Å²) in [6, 6.07) is 11.7. The minimum absolute atomic E-state index is 0.152. The van der Waals surface area contributed by atoms with Crippen LogP contribution in [0.4, 0.5) is 8.78 Å². The van der Waals surface area contributed by atoms with Crippen LogP contribution in [0.3, 0.4) is 0 Å². The summed E-state index contributed by atoms with van der Waals surface area (Å²) in [7, 11) is 0. The molecule has 6 heteroatoms. The lowest BCUT2D eigenvalue weighted by atomic mass is 10.0. The molecule has 0 amide bonds. The number of benzene rings is 2. The Hall–Kier alpha value is -1.86. The third-order valence-electron chi connectivity index (χ3n) is 3.76. The van der Waals surface area contributed by atoms with Gasteiger partial charge in [0, 0.05) is 25.2 Å². The molecule has 5 N–H and O–H groups in total. The van der Waals surface area contributed by atoms with E-state index in [-0.39, 0.29) is 19.5 Å². The molecular formula is C18H22F2N2O2. The van der Waals surface area contributed by atoms with Crippen molar-refractivity contribution in [1.29, 1.82) is 0 Å². The summed E-state index contributed by atoms with van der Waals surface area (Å²) in [6.07, 6.45) is -1.44. The predicted molar refractivity (Wildman–Crippen MR) is 88.3 cm³/mol. The number of aliphatic hydroxyl groups excluding tert-OH is 2. The molecule has 0 spiro atoms. The quantitative estimate of drug-likeness (QED) is 0.589. The van der Waals surface area contributed by atoms with Gasteiger partial charge in [0.25, 0.3) is 0 Å². The first-order valence-corrected chi connectivity index (χ1v) is 7.78. The van der Waals surface area contributed by atoms with Crippen LogP contribution in [0.15, 0.2) is 48.5 Å². The largest absolute Gasteiger partial charge is 0.390 e. The fraction of sp³-hybridized carbons (Fsp3) is 0.333. The minimum Gasteiger partial charge on any atom is -0.390 e. The highest BCUT2D eigenvalue weighted by Gasteiger charge is 2.16. The molecule has 0 aromatic heterocycles. The van der Waals surface area contributed by atoms with E-state index in [1.807, 2.05) is 30.3 Å². The Morgan fingerprint density at radius 2 is 1.58 bits per heavy atom. The lowest BCUT2D eigenvalue weighted by molar-refractivity contribution is 0.127. The van der Waals surface area contributed by atoms with Gasteiger partial charge in [-0.2, -0.15) is 0 Å². The van der Waals surface area contributed by atoms with Crippen molar-refractivity contribution in [3.63, 3.8) is 0 Å². The summed E-state index contributed by atoms with van der Waals surface area (Å²) in [6.45, 7) is 0.436. The number of hydrogen-bond acceptors (Lipinski definition) is 4. The van der Waals surface area contributed by atoms with E-state index in [1.165, 1.54) is 12.1 Å². The van der Waals surface area contributed by atoms with Crippen molar-refractivity contribution in [3.8, 4) is 0 Å². The summed E-state index contributed by atoms with van der Waals surface area (Å²) in [5.74, 6) is -1.34. The first kappa shape index (κ1) is 18.5. The molecule has 2 aromatic rings. The van der Waals surface area contributed by atoms with Gasteiger partial charge in [0.15, 0.2) is 0 Å². The van der Waals surface area contributed by atoms with E-state index < -0.39 is 29.9 Å². The lowest BCUT2D eigenvalue weighted by Crippen LogP contribution is -2.43. The Balaban J connectivity index is 1.78. The molecule has 0 aliphatic carbocycles. The van der Waals surface area contributed by atoms with Crippen LogP contribution >= 0.6 is 0 Å². The van der Waals surface area contributed by atoms with Gasteiger partial charge >= 0.3 is 0 Å². The molecule has 3 atom stereocenters. The zero-order chi connectivity index (χ0) is 17.5. The molecule has 0 radical (unpaired) electrons. The number of nitrogens with two attached hydrogens (primary N) is 1. The molecule has 0 bridgehead atoms. The molecule has 0 fully saturated rings. The number of rotatable bonds is 8. The molecular weight excluding hydrogens is 314 g/mol. The highest BCUT2D eigenvalue weighted by molar-refractivity contribution is 5.19. The van der Waals surface area contributed by atoms with Crippen LogP contribution in [-0.4, -0.2) is 35.4 Å². The van der Waals surface area contributed by atoms with Crippen LogP contribution in [0, 0.1) is 11.6 Å². The monoisotopic (exact) mass is 336 g/mol. The van der Waals surface area contributed by atoms with Gasteiger partial charge in [-0.25, -0.2) is 8.78 Å². The van der Waals surface area contributed by atoms with Gasteiger partial charge in [-0.15, -0.1) is 0 Å². The predicted octanol–water partition coefficient (Wildman–Crippen LogP) is 1.52. The first-order chi connectivity index (χ1) is 11.5. The minimum atomic E-state index is -0.903. The van der Waals surface area contributed by atoms with Gasteiger partial charge in [0.05, 0.1) is 12.2 Å². The van der Waals surface area contributed by atoms with Crippen molar-refractivity contribution < 1.29 is 19.0 Å². The van der Waals surface area contributed by atoms with Gasteiger partial charge in [-0.05, 0) is 29.7 Å². The topological polar surface area (TPSA) is 78.5 Å². The van der Waals surface area contributed by atoms with Crippen LogP contribution in [0.1, 0.15) is 17.2 Å². The van der Waals surface area contributed by atoms with Crippen molar-refractivity contribution >= 4 is 0 Å². The van der Waals surface area contributed by atoms with Crippen molar-refractivity contribution in [3.05, 3.63) is 71.3 Å². The van der Waals surface area contributed by atoms with Gasteiger partial charge < -0.3 is 21.3 Å². The molecule has 0 aliphatic heterocycles. The van der Waals surface area contributed by atoms with Gasteiger partial charge in [-0.1, -0.05) is 30.3 Å². The summed E-state index contributed by atoms with van der Waals surface area (Å²) >= 11 is 0. The average Bonchev–Trinajstić information content (AvgIpc) is 2.54. The maximum absolute atomic E-state index is 13.1. The molecule has 1 unspecified atom stereocenters. The Labute approximate surface area is 139 Å². The molecule has 0 heterocycles.